The molecule has 3 aromatic carbocycles. The van der Waals surface area contributed by atoms with Gasteiger partial charge in [-0.3, -0.25) is 9.79 Å². The summed E-state index contributed by atoms with van der Waals surface area (Å²) in [4.78, 5) is 29.8. The number of halogens is 2. The zero-order chi connectivity index (χ0) is 26.0. The summed E-state index contributed by atoms with van der Waals surface area (Å²) in [5.41, 5.74) is 1.70. The van der Waals surface area contributed by atoms with E-state index in [9.17, 15) is 19.1 Å². The third-order valence-electron chi connectivity index (χ3n) is 6.02. The van der Waals surface area contributed by atoms with E-state index in [-0.39, 0.29) is 23.7 Å². The minimum absolute atomic E-state index is 0.0472. The number of hydrogen-bond donors (Lipinski definition) is 1. The lowest BCUT2D eigenvalue weighted by atomic mass is 9.83. The van der Waals surface area contributed by atoms with Gasteiger partial charge >= 0.3 is 5.97 Å². The Bertz CT molecular complexity index is 1400. The maximum Gasteiger partial charge on any atom is 0.335 e. The number of benzene rings is 3. The number of ketones is 1. The second-order valence-corrected chi connectivity index (χ2v) is 9.93. The van der Waals surface area contributed by atoms with Crippen LogP contribution in [0.5, 0.6) is 5.75 Å². The predicted octanol–water partition coefficient (Wildman–Crippen LogP) is 6.85. The highest BCUT2D eigenvalue weighted by Crippen LogP contribution is 2.35. The topological polar surface area (TPSA) is 76.0 Å². The van der Waals surface area contributed by atoms with Gasteiger partial charge < -0.3 is 9.84 Å². The predicted molar refractivity (Wildman–Crippen MR) is 142 cm³/mol. The van der Waals surface area contributed by atoms with E-state index in [0.29, 0.717) is 21.3 Å². The lowest BCUT2D eigenvalue weighted by Gasteiger charge is -2.25. The Morgan fingerprint density at radius 2 is 1.78 bits per heavy atom. The first kappa shape index (κ1) is 25.5. The molecule has 0 aromatic heterocycles. The molecule has 1 aliphatic rings. The second-order valence-electron chi connectivity index (χ2n) is 9.02. The molecule has 3 aromatic rings. The van der Waals surface area contributed by atoms with E-state index in [4.69, 9.17) is 4.74 Å². The molecule has 0 radical (unpaired) electrons. The molecule has 0 bridgehead atoms. The Kier molecular flexibility index (Phi) is 7.22. The van der Waals surface area contributed by atoms with Crippen LogP contribution < -0.4 is 4.74 Å². The number of rotatable bonds is 8. The lowest BCUT2D eigenvalue weighted by Crippen LogP contribution is -2.36. The van der Waals surface area contributed by atoms with E-state index in [1.54, 1.807) is 43.5 Å². The summed E-state index contributed by atoms with van der Waals surface area (Å²) >= 11 is 3.23. The highest BCUT2D eigenvalue weighted by molar-refractivity contribution is 9.10. The van der Waals surface area contributed by atoms with Gasteiger partial charge in [0.1, 0.15) is 17.1 Å². The molecular weight excluding hydrogens is 525 g/mol. The Morgan fingerprint density at radius 1 is 1.06 bits per heavy atom. The van der Waals surface area contributed by atoms with Crippen molar-refractivity contribution in [1.29, 1.82) is 0 Å². The number of carbonyl (C=O) groups excluding carboxylic acids is 1. The van der Waals surface area contributed by atoms with Gasteiger partial charge in [-0.05, 0) is 91.6 Å². The first-order chi connectivity index (χ1) is 17.1. The number of carboxylic acid groups (broad SMARTS) is 1. The molecule has 0 amide bonds. The molecule has 0 aliphatic carbocycles. The highest BCUT2D eigenvalue weighted by Gasteiger charge is 2.39. The summed E-state index contributed by atoms with van der Waals surface area (Å²) < 4.78 is 21.3. The van der Waals surface area contributed by atoms with Crippen molar-refractivity contribution >= 4 is 33.9 Å². The second kappa shape index (κ2) is 10.2. The Morgan fingerprint density at radius 3 is 2.42 bits per heavy atom. The third kappa shape index (κ3) is 5.16. The van der Waals surface area contributed by atoms with Crippen LogP contribution in [-0.2, 0) is 6.42 Å². The van der Waals surface area contributed by atoms with Gasteiger partial charge in [0.05, 0.1) is 17.2 Å². The van der Waals surface area contributed by atoms with Gasteiger partial charge in [-0.2, -0.15) is 0 Å². The molecule has 184 valence electrons. The van der Waals surface area contributed by atoms with Gasteiger partial charge in [-0.15, -0.1) is 0 Å². The van der Waals surface area contributed by atoms with Crippen molar-refractivity contribution in [3.05, 3.63) is 99.3 Å². The molecule has 0 saturated heterocycles. The lowest BCUT2D eigenvalue weighted by molar-refractivity contribution is 0.0695. The molecular formula is C29H25BrFNO4. The fourth-order valence-corrected chi connectivity index (χ4v) is 4.57. The summed E-state index contributed by atoms with van der Waals surface area (Å²) in [5, 5.41) is 9.55. The van der Waals surface area contributed by atoms with Gasteiger partial charge in [0, 0.05) is 17.1 Å². The van der Waals surface area contributed by atoms with E-state index in [0.717, 1.165) is 11.1 Å². The smallest absolute Gasteiger partial charge is 0.335 e. The molecule has 1 atom stereocenters. The number of Topliss-reactive ketones (excluding diaryl/α,β-unsaturated/α-hetero) is 1. The molecule has 0 spiro atoms. The summed E-state index contributed by atoms with van der Waals surface area (Å²) in [5.74, 6) is -1.50. The molecule has 0 saturated carbocycles. The standard InChI is InChI=1S/C29H25BrFNO4/c1-17(2)36-26-10-7-19(20-6-5-18(3)24(14-20)28(34)35)13-21(26)16-29(11-4-12-32-29)27(33)23-9-8-22(30)15-25(23)31/h4-15,17H,16H2,1-3H3,(H,34,35). The van der Waals surface area contributed by atoms with Crippen molar-refractivity contribution in [3.63, 3.8) is 0 Å². The van der Waals surface area contributed by atoms with Crippen LogP contribution in [0.15, 0.2) is 76.2 Å². The first-order valence-corrected chi connectivity index (χ1v) is 12.3. The largest absolute Gasteiger partial charge is 0.491 e. The van der Waals surface area contributed by atoms with E-state index in [1.165, 1.54) is 12.1 Å². The summed E-state index contributed by atoms with van der Waals surface area (Å²) in [6, 6.07) is 15.1. The Balaban J connectivity index is 1.80. The van der Waals surface area contributed by atoms with Crippen molar-refractivity contribution in [1.82, 2.24) is 0 Å². The maximum atomic E-state index is 14.7. The van der Waals surface area contributed by atoms with Crippen molar-refractivity contribution in [2.75, 3.05) is 0 Å². The molecule has 1 unspecified atom stereocenters. The van der Waals surface area contributed by atoms with Gasteiger partial charge in [-0.25, -0.2) is 9.18 Å². The normalized spacial score (nSPS) is 16.5. The number of aryl methyl sites for hydroxylation is 1. The number of allylic oxidation sites excluding steroid dienone is 1. The van der Waals surface area contributed by atoms with Crippen LogP contribution in [0, 0.1) is 12.7 Å². The van der Waals surface area contributed by atoms with E-state index >= 15 is 0 Å². The van der Waals surface area contributed by atoms with E-state index in [1.807, 2.05) is 38.1 Å². The van der Waals surface area contributed by atoms with Gasteiger partial charge in [-0.1, -0.05) is 34.1 Å². The number of hydrogen-bond acceptors (Lipinski definition) is 4. The van der Waals surface area contributed by atoms with Gasteiger partial charge in [0.2, 0.25) is 0 Å². The van der Waals surface area contributed by atoms with Crippen LogP contribution >= 0.6 is 15.9 Å². The monoisotopic (exact) mass is 549 g/mol. The van der Waals surface area contributed by atoms with Gasteiger partial charge in [0.25, 0.3) is 0 Å². The van der Waals surface area contributed by atoms with Crippen LogP contribution in [0.2, 0.25) is 0 Å². The average molecular weight is 550 g/mol. The minimum atomic E-state index is -1.33. The zero-order valence-corrected chi connectivity index (χ0v) is 21.7. The van der Waals surface area contributed by atoms with Crippen LogP contribution in [0.3, 0.4) is 0 Å². The zero-order valence-electron chi connectivity index (χ0n) is 20.1. The summed E-state index contributed by atoms with van der Waals surface area (Å²) in [6.45, 7) is 5.56. The van der Waals surface area contributed by atoms with Crippen LogP contribution in [-0.4, -0.2) is 34.7 Å². The quantitative estimate of drug-likeness (QED) is 0.311. The van der Waals surface area contributed by atoms with Crippen molar-refractivity contribution < 1.29 is 23.8 Å². The van der Waals surface area contributed by atoms with Gasteiger partial charge in [0.15, 0.2) is 5.78 Å². The molecule has 7 heteroatoms. The number of aromatic carboxylic acids is 1. The molecule has 5 nitrogen and oxygen atoms in total. The number of carbonyl (C=O) groups is 2. The van der Waals surface area contributed by atoms with Crippen molar-refractivity contribution in [2.24, 2.45) is 4.99 Å². The Labute approximate surface area is 217 Å². The molecule has 4 rings (SSSR count). The van der Waals surface area contributed by atoms with Crippen molar-refractivity contribution in [2.45, 2.75) is 38.8 Å². The molecule has 1 N–H and O–H groups in total. The SMILES string of the molecule is Cc1ccc(-c2ccc(OC(C)C)c(CC3(C(=O)c4ccc(Br)cc4F)C=CC=N3)c2)cc1C(=O)O. The number of ether oxygens (including phenoxy) is 1. The Hall–Kier alpha value is -3.58. The third-order valence-corrected chi connectivity index (χ3v) is 6.51. The molecule has 36 heavy (non-hydrogen) atoms. The molecule has 0 fully saturated rings. The van der Waals surface area contributed by atoms with Crippen molar-refractivity contribution in [3.8, 4) is 16.9 Å². The first-order valence-electron chi connectivity index (χ1n) is 11.5. The maximum absolute atomic E-state index is 14.7. The minimum Gasteiger partial charge on any atom is -0.491 e. The molecule has 1 aliphatic heterocycles. The fraction of sp³-hybridized carbons (Fsp3) is 0.207. The number of aliphatic imine (C=N–C) groups is 1. The van der Waals surface area contributed by atoms with Crippen LogP contribution in [0.4, 0.5) is 4.39 Å². The number of nitrogens with zero attached hydrogens (tertiary/aromatic N) is 1. The summed E-state index contributed by atoms with van der Waals surface area (Å²) in [7, 11) is 0. The number of carboxylic acids is 1. The van der Waals surface area contributed by atoms with E-state index < -0.39 is 23.1 Å². The van der Waals surface area contributed by atoms with E-state index in [2.05, 4.69) is 20.9 Å². The summed E-state index contributed by atoms with van der Waals surface area (Å²) in [6.07, 6.45) is 4.92. The highest BCUT2D eigenvalue weighted by atomic mass is 79.9. The van der Waals surface area contributed by atoms with Crippen LogP contribution in [0.25, 0.3) is 11.1 Å². The fourth-order valence-electron chi connectivity index (χ4n) is 4.24. The van der Waals surface area contributed by atoms with Crippen LogP contribution in [0.1, 0.15) is 45.7 Å². The molecule has 1 heterocycles. The average Bonchev–Trinajstić information content (AvgIpc) is 3.29.